The number of benzene rings is 1. The molecule has 1 aromatic carbocycles. The van der Waals surface area contributed by atoms with Crippen molar-refractivity contribution in [2.24, 2.45) is 0 Å². The third-order valence-corrected chi connectivity index (χ3v) is 7.01. The van der Waals surface area contributed by atoms with Crippen molar-refractivity contribution < 1.29 is 24.2 Å². The third-order valence-electron chi connectivity index (χ3n) is 7.01. The highest BCUT2D eigenvalue weighted by Crippen LogP contribution is 2.47. The molecule has 1 spiro atoms. The average molecular weight is 469 g/mol. The maximum Gasteiger partial charge on any atom is 0.290 e. The van der Waals surface area contributed by atoms with Gasteiger partial charge < -0.3 is 24.8 Å². The molecule has 2 N–H and O–H groups in total. The van der Waals surface area contributed by atoms with Gasteiger partial charge in [0.15, 0.2) is 5.82 Å². The van der Waals surface area contributed by atoms with Crippen molar-refractivity contribution in [3.63, 3.8) is 0 Å². The van der Waals surface area contributed by atoms with E-state index in [4.69, 9.17) is 29.3 Å². The van der Waals surface area contributed by atoms with Crippen LogP contribution in [0, 0.1) is 0 Å². The normalized spacial score (nSPS) is 20.4. The zero-order valence-corrected chi connectivity index (χ0v) is 19.5. The standard InChI is InChI=1S/C24H30N4O3.CH2O2/c1-30-16-20(29)28-12-10-24(11-13-28)9-7-19-21(24)26-22(17-5-3-2-4-6-17)27-23(19)25-18-8-14-31-15-18;2-1-3/h2-6,18H,7-16H2,1H3,(H,25,26,27);1H,(H,2,3). The van der Waals surface area contributed by atoms with Crippen molar-refractivity contribution in [1.29, 1.82) is 0 Å². The summed E-state index contributed by atoms with van der Waals surface area (Å²) in [5.74, 6) is 1.82. The summed E-state index contributed by atoms with van der Waals surface area (Å²) in [7, 11) is 1.57. The number of ether oxygens (including phenoxy) is 2. The largest absolute Gasteiger partial charge is 0.483 e. The molecule has 5 rings (SSSR count). The first kappa shape index (κ1) is 24.1. The van der Waals surface area contributed by atoms with Gasteiger partial charge in [0, 0.05) is 43.3 Å². The van der Waals surface area contributed by atoms with E-state index in [0.29, 0.717) is 6.04 Å². The molecule has 2 aromatic rings. The predicted octanol–water partition coefficient (Wildman–Crippen LogP) is 2.50. The highest BCUT2D eigenvalue weighted by atomic mass is 16.5. The van der Waals surface area contributed by atoms with Crippen LogP contribution < -0.4 is 5.32 Å². The van der Waals surface area contributed by atoms with Gasteiger partial charge in [-0.2, -0.15) is 0 Å². The summed E-state index contributed by atoms with van der Waals surface area (Å²) in [5, 5.41) is 10.5. The molecule has 1 aliphatic carbocycles. The molecule has 1 aromatic heterocycles. The Hall–Kier alpha value is -3.04. The number of aromatic nitrogens is 2. The molecular weight excluding hydrogens is 436 g/mol. The molecule has 34 heavy (non-hydrogen) atoms. The molecule has 3 heterocycles. The number of hydrogen-bond donors (Lipinski definition) is 2. The van der Waals surface area contributed by atoms with Gasteiger partial charge in [0.1, 0.15) is 12.4 Å². The van der Waals surface area contributed by atoms with Gasteiger partial charge in [0.05, 0.1) is 18.3 Å². The molecule has 0 saturated carbocycles. The molecule has 2 fully saturated rings. The summed E-state index contributed by atoms with van der Waals surface area (Å²) in [5.41, 5.74) is 3.49. The molecule has 9 heteroatoms. The number of methoxy groups -OCH3 is 1. The summed E-state index contributed by atoms with van der Waals surface area (Å²) in [6.07, 6.45) is 4.92. The van der Waals surface area contributed by atoms with E-state index in [1.807, 2.05) is 23.1 Å². The molecular formula is C25H32N4O5. The van der Waals surface area contributed by atoms with Crippen LogP contribution in [-0.4, -0.2) is 78.4 Å². The Morgan fingerprint density at radius 2 is 2.00 bits per heavy atom. The lowest BCUT2D eigenvalue weighted by Gasteiger charge is -2.39. The van der Waals surface area contributed by atoms with Crippen LogP contribution in [0.25, 0.3) is 11.4 Å². The maximum atomic E-state index is 12.3. The number of carbonyl (C=O) groups excluding carboxylic acids is 1. The number of rotatable bonds is 5. The van der Waals surface area contributed by atoms with Crippen LogP contribution in [-0.2, 0) is 30.9 Å². The van der Waals surface area contributed by atoms with E-state index in [-0.39, 0.29) is 24.4 Å². The van der Waals surface area contributed by atoms with E-state index in [0.717, 1.165) is 75.6 Å². The Morgan fingerprint density at radius 1 is 1.26 bits per heavy atom. The Labute approximate surface area is 199 Å². The minimum absolute atomic E-state index is 0.0221. The van der Waals surface area contributed by atoms with Crippen molar-refractivity contribution in [3.8, 4) is 11.4 Å². The Morgan fingerprint density at radius 3 is 2.65 bits per heavy atom. The predicted molar refractivity (Wildman–Crippen MR) is 127 cm³/mol. The van der Waals surface area contributed by atoms with Crippen LogP contribution >= 0.6 is 0 Å². The molecule has 9 nitrogen and oxygen atoms in total. The SMILES string of the molecule is COCC(=O)N1CCC2(CCc3c(NC4CCOC4)nc(-c4ccccc4)nc32)CC1.O=CO. The smallest absolute Gasteiger partial charge is 0.290 e. The fourth-order valence-electron chi connectivity index (χ4n) is 5.21. The van der Waals surface area contributed by atoms with Crippen molar-refractivity contribution in [3.05, 3.63) is 41.6 Å². The highest BCUT2D eigenvalue weighted by Gasteiger charge is 2.45. The second-order valence-corrected chi connectivity index (χ2v) is 8.99. The number of fused-ring (bicyclic) bond motifs is 2. The topological polar surface area (TPSA) is 114 Å². The number of likely N-dealkylation sites (tertiary alicyclic amines) is 1. The minimum Gasteiger partial charge on any atom is -0.483 e. The van der Waals surface area contributed by atoms with E-state index in [1.54, 1.807) is 7.11 Å². The lowest BCUT2D eigenvalue weighted by Crippen LogP contribution is -2.45. The summed E-state index contributed by atoms with van der Waals surface area (Å²) in [6, 6.07) is 10.5. The van der Waals surface area contributed by atoms with Gasteiger partial charge in [-0.05, 0) is 32.1 Å². The van der Waals surface area contributed by atoms with Gasteiger partial charge in [-0.25, -0.2) is 9.97 Å². The quantitative estimate of drug-likeness (QED) is 0.644. The Bertz CT molecular complexity index is 986. The van der Waals surface area contributed by atoms with E-state index in [1.165, 1.54) is 11.3 Å². The zero-order chi connectivity index (χ0) is 24.0. The number of anilines is 1. The summed E-state index contributed by atoms with van der Waals surface area (Å²) in [6.45, 7) is 2.94. The number of carbonyl (C=O) groups is 2. The second-order valence-electron chi connectivity index (χ2n) is 8.99. The third kappa shape index (κ3) is 5.05. The van der Waals surface area contributed by atoms with E-state index in [9.17, 15) is 4.79 Å². The molecule has 1 amide bonds. The number of hydrogen-bond acceptors (Lipinski definition) is 7. The van der Waals surface area contributed by atoms with Crippen LogP contribution in [0.4, 0.5) is 5.82 Å². The van der Waals surface area contributed by atoms with Gasteiger partial charge in [0.25, 0.3) is 6.47 Å². The maximum absolute atomic E-state index is 12.3. The van der Waals surface area contributed by atoms with Crippen LogP contribution in [0.5, 0.6) is 0 Å². The van der Waals surface area contributed by atoms with Crippen molar-refractivity contribution in [2.75, 3.05) is 45.3 Å². The van der Waals surface area contributed by atoms with Crippen molar-refractivity contribution in [1.82, 2.24) is 14.9 Å². The monoisotopic (exact) mass is 468 g/mol. The fourth-order valence-corrected chi connectivity index (χ4v) is 5.21. The molecule has 2 aliphatic heterocycles. The number of nitrogens with one attached hydrogen (secondary N) is 1. The first-order chi connectivity index (χ1) is 16.6. The lowest BCUT2D eigenvalue weighted by molar-refractivity contribution is -0.136. The van der Waals surface area contributed by atoms with Gasteiger partial charge in [-0.15, -0.1) is 0 Å². The average Bonchev–Trinajstić information content (AvgIpc) is 3.49. The summed E-state index contributed by atoms with van der Waals surface area (Å²) in [4.78, 5) is 32.7. The van der Waals surface area contributed by atoms with Gasteiger partial charge in [-0.1, -0.05) is 30.3 Å². The Balaban J connectivity index is 0.000000868. The first-order valence-electron chi connectivity index (χ1n) is 11.8. The van der Waals surface area contributed by atoms with Crippen molar-refractivity contribution in [2.45, 2.75) is 43.6 Å². The molecule has 182 valence electrons. The summed E-state index contributed by atoms with van der Waals surface area (Å²) < 4.78 is 10.6. The fraction of sp³-hybridized carbons (Fsp3) is 0.520. The molecule has 3 aliphatic rings. The van der Waals surface area contributed by atoms with E-state index >= 15 is 0 Å². The number of nitrogens with zero attached hydrogens (tertiary/aromatic N) is 3. The number of amides is 1. The lowest BCUT2D eigenvalue weighted by atomic mass is 9.76. The number of piperidine rings is 1. The van der Waals surface area contributed by atoms with Gasteiger partial charge >= 0.3 is 0 Å². The van der Waals surface area contributed by atoms with E-state index < -0.39 is 0 Å². The van der Waals surface area contributed by atoms with Gasteiger partial charge in [-0.3, -0.25) is 9.59 Å². The van der Waals surface area contributed by atoms with Crippen LogP contribution in [0.1, 0.15) is 36.9 Å². The van der Waals surface area contributed by atoms with Crippen LogP contribution in [0.2, 0.25) is 0 Å². The van der Waals surface area contributed by atoms with Crippen molar-refractivity contribution >= 4 is 18.2 Å². The first-order valence-corrected chi connectivity index (χ1v) is 11.8. The zero-order valence-electron chi connectivity index (χ0n) is 19.5. The molecule has 1 atom stereocenters. The van der Waals surface area contributed by atoms with E-state index in [2.05, 4.69) is 17.4 Å². The van der Waals surface area contributed by atoms with Gasteiger partial charge in [0.2, 0.25) is 5.91 Å². The molecule has 0 bridgehead atoms. The number of carboxylic acid groups (broad SMARTS) is 1. The molecule has 1 unspecified atom stereocenters. The highest BCUT2D eigenvalue weighted by molar-refractivity contribution is 5.77. The second kappa shape index (κ2) is 10.9. The minimum atomic E-state index is -0.250. The molecule has 0 radical (unpaired) electrons. The Kier molecular flexibility index (Phi) is 7.74. The van der Waals surface area contributed by atoms with Crippen LogP contribution in [0.3, 0.4) is 0 Å². The molecule has 2 saturated heterocycles. The summed E-state index contributed by atoms with van der Waals surface area (Å²) >= 11 is 0. The van der Waals surface area contributed by atoms with Crippen LogP contribution in [0.15, 0.2) is 30.3 Å².